The van der Waals surface area contributed by atoms with Crippen molar-refractivity contribution in [2.45, 2.75) is 37.3 Å². The van der Waals surface area contributed by atoms with Crippen LogP contribution in [0.1, 0.15) is 30.4 Å². The average Bonchev–Trinajstić information content (AvgIpc) is 3.21. The third-order valence-electron chi connectivity index (χ3n) is 4.61. The molecular weight excluding hydrogens is 353 g/mol. The first kappa shape index (κ1) is 18.9. The first-order chi connectivity index (χ1) is 12.5. The van der Waals surface area contributed by atoms with E-state index in [9.17, 15) is 9.50 Å². The predicted molar refractivity (Wildman–Crippen MR) is 105 cm³/mol. The Morgan fingerprint density at radius 2 is 2.35 bits per heavy atom. The summed E-state index contributed by atoms with van der Waals surface area (Å²) in [5, 5.41) is 10.8. The van der Waals surface area contributed by atoms with Gasteiger partial charge in [-0.1, -0.05) is 0 Å². The molecule has 1 saturated heterocycles. The Labute approximate surface area is 156 Å². The minimum atomic E-state index is -0.307. The van der Waals surface area contributed by atoms with Gasteiger partial charge in [0.05, 0.1) is 10.5 Å². The number of hydrogen-bond acceptors (Lipinski definition) is 4. The van der Waals surface area contributed by atoms with Crippen LogP contribution in [0.5, 0.6) is 0 Å². The third kappa shape index (κ3) is 3.77. The summed E-state index contributed by atoms with van der Waals surface area (Å²) < 4.78 is 16.7. The molecule has 8 heteroatoms. The zero-order chi connectivity index (χ0) is 18.7. The van der Waals surface area contributed by atoms with Gasteiger partial charge in [0.25, 0.3) is 0 Å². The fourth-order valence-electron chi connectivity index (χ4n) is 3.43. The maximum Gasteiger partial charge on any atom is 0.147 e. The van der Waals surface area contributed by atoms with Crippen molar-refractivity contribution in [2.24, 2.45) is 15.7 Å². The lowest BCUT2D eigenvalue weighted by Gasteiger charge is -2.21. The quantitative estimate of drug-likeness (QED) is 0.410. The summed E-state index contributed by atoms with van der Waals surface area (Å²) in [7, 11) is 1.62. The van der Waals surface area contributed by atoms with Crippen molar-refractivity contribution in [3.8, 4) is 0 Å². The van der Waals surface area contributed by atoms with E-state index in [1.165, 1.54) is 12.4 Å². The van der Waals surface area contributed by atoms with Gasteiger partial charge >= 0.3 is 0 Å². The van der Waals surface area contributed by atoms with E-state index in [1.807, 2.05) is 13.0 Å². The SMILES string of the molecule is CN=CN=C(N)c1c(C)cc(F)c2[nH]c(SN3CCCC3CCO)cc12. The van der Waals surface area contributed by atoms with Gasteiger partial charge in [0.2, 0.25) is 0 Å². The number of fused-ring (bicyclic) bond motifs is 1. The number of H-pyrrole nitrogens is 1. The standard InChI is InChI=1S/C18H24FN5OS/c1-11-8-14(19)17-13(16(11)18(20)22-10-21-2)9-15(23-17)26-24-6-3-4-12(24)5-7-25/h8-10,12,23,25H,3-7H2,1-2H3,(H2,20,21,22). The number of aliphatic imine (C=N–C) groups is 2. The van der Waals surface area contributed by atoms with E-state index in [2.05, 4.69) is 19.3 Å². The van der Waals surface area contributed by atoms with Crippen LogP contribution in [0.15, 0.2) is 27.1 Å². The van der Waals surface area contributed by atoms with E-state index in [1.54, 1.807) is 19.0 Å². The molecule has 2 heterocycles. The van der Waals surface area contributed by atoms with E-state index >= 15 is 0 Å². The number of aliphatic hydroxyl groups is 1. The molecule has 1 unspecified atom stereocenters. The smallest absolute Gasteiger partial charge is 0.147 e. The number of nitrogens with two attached hydrogens (primary N) is 1. The largest absolute Gasteiger partial charge is 0.396 e. The van der Waals surface area contributed by atoms with E-state index < -0.39 is 0 Å². The number of benzene rings is 1. The normalized spacial score (nSPS) is 19.2. The van der Waals surface area contributed by atoms with Crippen LogP contribution in [-0.4, -0.2) is 52.8 Å². The molecule has 26 heavy (non-hydrogen) atoms. The molecule has 1 fully saturated rings. The van der Waals surface area contributed by atoms with Crippen LogP contribution >= 0.6 is 11.9 Å². The minimum absolute atomic E-state index is 0.179. The van der Waals surface area contributed by atoms with Gasteiger partial charge in [-0.3, -0.25) is 4.99 Å². The summed E-state index contributed by atoms with van der Waals surface area (Å²) in [4.78, 5) is 11.1. The second kappa shape index (κ2) is 8.20. The van der Waals surface area contributed by atoms with Crippen molar-refractivity contribution in [3.63, 3.8) is 0 Å². The van der Waals surface area contributed by atoms with Crippen LogP contribution in [-0.2, 0) is 0 Å². The molecule has 0 saturated carbocycles. The number of rotatable bonds is 6. The lowest BCUT2D eigenvalue weighted by atomic mass is 10.0. The van der Waals surface area contributed by atoms with Gasteiger partial charge in [0.1, 0.15) is 18.0 Å². The Hall–Kier alpha value is -1.90. The zero-order valence-electron chi connectivity index (χ0n) is 15.0. The van der Waals surface area contributed by atoms with Crippen LogP contribution < -0.4 is 5.73 Å². The molecule has 0 aliphatic carbocycles. The Bertz CT molecular complexity index is 848. The number of nitrogens with one attached hydrogen (secondary N) is 1. The van der Waals surface area contributed by atoms with E-state index in [4.69, 9.17) is 5.73 Å². The Kier molecular flexibility index (Phi) is 5.95. The number of amidine groups is 1. The van der Waals surface area contributed by atoms with Crippen molar-refractivity contribution in [3.05, 3.63) is 29.1 Å². The second-order valence-electron chi connectivity index (χ2n) is 6.40. The maximum absolute atomic E-state index is 14.5. The maximum atomic E-state index is 14.5. The molecule has 140 valence electrons. The topological polar surface area (TPSA) is 90.0 Å². The van der Waals surface area contributed by atoms with Crippen LogP contribution in [0, 0.1) is 12.7 Å². The molecule has 2 aromatic rings. The van der Waals surface area contributed by atoms with Crippen LogP contribution in [0.25, 0.3) is 10.9 Å². The molecule has 1 atom stereocenters. The average molecular weight is 377 g/mol. The fourth-order valence-corrected chi connectivity index (χ4v) is 4.58. The summed E-state index contributed by atoms with van der Waals surface area (Å²) in [6.45, 7) is 2.95. The Balaban J connectivity index is 1.98. The van der Waals surface area contributed by atoms with Gasteiger partial charge in [-0.15, -0.1) is 0 Å². The van der Waals surface area contributed by atoms with Gasteiger partial charge < -0.3 is 15.8 Å². The minimum Gasteiger partial charge on any atom is -0.396 e. The lowest BCUT2D eigenvalue weighted by molar-refractivity contribution is 0.251. The summed E-state index contributed by atoms with van der Waals surface area (Å²) >= 11 is 1.57. The fraction of sp³-hybridized carbons (Fsp3) is 0.444. The van der Waals surface area contributed by atoms with Crippen LogP contribution in [0.3, 0.4) is 0 Å². The third-order valence-corrected chi connectivity index (χ3v) is 5.74. The molecule has 1 aromatic carbocycles. The van der Waals surface area contributed by atoms with Crippen molar-refractivity contribution >= 4 is 35.0 Å². The highest BCUT2D eigenvalue weighted by Gasteiger charge is 2.26. The van der Waals surface area contributed by atoms with Gasteiger partial charge in [0.15, 0.2) is 0 Å². The molecule has 3 rings (SSSR count). The molecule has 0 bridgehead atoms. The number of aliphatic hydroxyl groups excluding tert-OH is 1. The van der Waals surface area contributed by atoms with Crippen molar-refractivity contribution in [2.75, 3.05) is 20.2 Å². The molecule has 1 aromatic heterocycles. The molecule has 0 spiro atoms. The second-order valence-corrected chi connectivity index (χ2v) is 7.49. The summed E-state index contributed by atoms with van der Waals surface area (Å²) in [5.41, 5.74) is 7.99. The number of halogens is 1. The lowest BCUT2D eigenvalue weighted by Crippen LogP contribution is -2.23. The molecule has 4 N–H and O–H groups in total. The molecule has 1 aliphatic heterocycles. The highest BCUT2D eigenvalue weighted by molar-refractivity contribution is 7.97. The molecular formula is C18H24FN5OS. The molecule has 0 radical (unpaired) electrons. The number of aromatic amines is 1. The number of hydrogen-bond donors (Lipinski definition) is 3. The highest BCUT2D eigenvalue weighted by atomic mass is 32.2. The molecule has 0 amide bonds. The van der Waals surface area contributed by atoms with E-state index in [-0.39, 0.29) is 12.4 Å². The Morgan fingerprint density at radius 3 is 3.08 bits per heavy atom. The summed E-state index contributed by atoms with van der Waals surface area (Å²) in [6, 6.07) is 3.74. The summed E-state index contributed by atoms with van der Waals surface area (Å²) in [6.07, 6.45) is 4.31. The first-order valence-electron chi connectivity index (χ1n) is 8.66. The van der Waals surface area contributed by atoms with Gasteiger partial charge in [0, 0.05) is 37.2 Å². The highest BCUT2D eigenvalue weighted by Crippen LogP contribution is 2.35. The first-order valence-corrected chi connectivity index (χ1v) is 9.44. The zero-order valence-corrected chi connectivity index (χ0v) is 15.8. The van der Waals surface area contributed by atoms with Gasteiger partial charge in [-0.25, -0.2) is 13.7 Å². The number of nitrogens with zero attached hydrogens (tertiary/aromatic N) is 3. The molecule has 1 aliphatic rings. The van der Waals surface area contributed by atoms with Crippen molar-refractivity contribution in [1.29, 1.82) is 0 Å². The van der Waals surface area contributed by atoms with E-state index in [0.29, 0.717) is 22.8 Å². The Morgan fingerprint density at radius 1 is 1.54 bits per heavy atom. The van der Waals surface area contributed by atoms with Crippen LogP contribution in [0.4, 0.5) is 4.39 Å². The van der Waals surface area contributed by atoms with Gasteiger partial charge in [-0.2, -0.15) is 0 Å². The molecule has 6 nitrogen and oxygen atoms in total. The number of aryl methyl sites for hydroxylation is 1. The summed E-state index contributed by atoms with van der Waals surface area (Å²) in [5.74, 6) is 0.00590. The van der Waals surface area contributed by atoms with Crippen LogP contribution in [0.2, 0.25) is 0 Å². The monoisotopic (exact) mass is 377 g/mol. The predicted octanol–water partition coefficient (Wildman–Crippen LogP) is 2.83. The van der Waals surface area contributed by atoms with Gasteiger partial charge in [-0.05, 0) is 55.8 Å². The number of aromatic nitrogens is 1. The van der Waals surface area contributed by atoms with Crippen molar-refractivity contribution in [1.82, 2.24) is 9.29 Å². The van der Waals surface area contributed by atoms with E-state index in [0.717, 1.165) is 42.0 Å². The van der Waals surface area contributed by atoms with Crippen molar-refractivity contribution < 1.29 is 9.50 Å².